The third-order valence-electron chi connectivity index (χ3n) is 2.98. The molecule has 0 aliphatic carbocycles. The monoisotopic (exact) mass is 379 g/mol. The smallest absolute Gasteiger partial charge is 0.408 e. The van der Waals surface area contributed by atoms with Crippen molar-refractivity contribution in [2.45, 2.75) is 45.8 Å². The Morgan fingerprint density at radius 3 is 2.37 bits per heavy atom. The van der Waals surface area contributed by atoms with Crippen molar-refractivity contribution in [3.05, 3.63) is 35.9 Å². The molecule has 0 spiro atoms. The summed E-state index contributed by atoms with van der Waals surface area (Å²) in [5.74, 6) is -2.43. The first kappa shape index (κ1) is 21.9. The molecule has 0 aliphatic heterocycles. The maximum absolute atomic E-state index is 12.3. The van der Waals surface area contributed by atoms with Crippen molar-refractivity contribution in [2.75, 3.05) is 6.61 Å². The number of hydrogen-bond donors (Lipinski definition) is 2. The first-order valence-corrected chi connectivity index (χ1v) is 8.37. The molecule has 0 bridgehead atoms. The lowest BCUT2D eigenvalue weighted by molar-refractivity contribution is -0.146. The first-order valence-electron chi connectivity index (χ1n) is 8.37. The lowest BCUT2D eigenvalue weighted by atomic mass is 10.1. The van der Waals surface area contributed by atoms with Crippen molar-refractivity contribution < 1.29 is 28.7 Å². The highest BCUT2D eigenvalue weighted by atomic mass is 16.7. The molecule has 0 aliphatic rings. The second-order valence-electron chi connectivity index (χ2n) is 6.50. The van der Waals surface area contributed by atoms with E-state index in [1.54, 1.807) is 52.0 Å². The van der Waals surface area contributed by atoms with E-state index in [1.165, 1.54) is 0 Å². The molecular weight excluding hydrogens is 354 g/mol. The first-order chi connectivity index (χ1) is 12.6. The highest BCUT2D eigenvalue weighted by molar-refractivity contribution is 6.34. The van der Waals surface area contributed by atoms with Crippen LogP contribution in [0.4, 0.5) is 4.79 Å². The Hall–Kier alpha value is -3.10. The fourth-order valence-electron chi connectivity index (χ4n) is 1.89. The fraction of sp³-hybridized carbons (Fsp3) is 0.444. The number of oxime groups is 1. The van der Waals surface area contributed by atoms with Gasteiger partial charge in [-0.05, 0) is 33.3 Å². The van der Waals surface area contributed by atoms with Gasteiger partial charge in [-0.1, -0.05) is 35.5 Å². The molecule has 0 aromatic heterocycles. The number of ether oxygens (including phenoxy) is 2. The van der Waals surface area contributed by atoms with Gasteiger partial charge in [0.1, 0.15) is 11.6 Å². The van der Waals surface area contributed by atoms with E-state index in [0.717, 1.165) is 5.56 Å². The van der Waals surface area contributed by atoms with Gasteiger partial charge >= 0.3 is 18.0 Å². The number of nitrogens with zero attached hydrogens (tertiary/aromatic N) is 1. The number of carbonyl (C=O) groups excluding carboxylic acids is 3. The molecule has 0 heterocycles. The zero-order chi connectivity index (χ0) is 20.4. The van der Waals surface area contributed by atoms with E-state index in [4.69, 9.17) is 10.5 Å². The third kappa shape index (κ3) is 8.70. The molecule has 3 N–H and O–H groups in total. The van der Waals surface area contributed by atoms with E-state index in [0.29, 0.717) is 0 Å². The van der Waals surface area contributed by atoms with Crippen molar-refractivity contribution in [3.8, 4) is 0 Å². The molecular formula is C18H25N3O6. The van der Waals surface area contributed by atoms with Crippen molar-refractivity contribution in [3.63, 3.8) is 0 Å². The molecule has 1 atom stereocenters. The molecule has 0 saturated carbocycles. The lowest BCUT2D eigenvalue weighted by Crippen LogP contribution is -2.45. The second-order valence-corrected chi connectivity index (χ2v) is 6.50. The molecule has 9 heteroatoms. The number of esters is 1. The summed E-state index contributed by atoms with van der Waals surface area (Å²) in [6, 6.07) is 7.88. The molecule has 1 aromatic carbocycles. The van der Waals surface area contributed by atoms with E-state index >= 15 is 0 Å². The number of nitrogens with two attached hydrogens (primary N) is 1. The SMILES string of the molecule is CCOC(=O)/C(N)=N/OC(=O)[C@H](Cc1ccccc1)NC(=O)OC(C)(C)C. The zero-order valence-electron chi connectivity index (χ0n) is 15.9. The predicted octanol–water partition coefficient (Wildman–Crippen LogP) is 1.50. The number of nitrogens with one attached hydrogen (secondary N) is 1. The van der Waals surface area contributed by atoms with Crippen LogP contribution in [-0.4, -0.2) is 42.1 Å². The van der Waals surface area contributed by atoms with Crippen LogP contribution in [0.3, 0.4) is 0 Å². The average Bonchev–Trinajstić information content (AvgIpc) is 2.58. The highest BCUT2D eigenvalue weighted by Crippen LogP contribution is 2.09. The molecule has 27 heavy (non-hydrogen) atoms. The summed E-state index contributed by atoms with van der Waals surface area (Å²) in [4.78, 5) is 40.4. The van der Waals surface area contributed by atoms with E-state index < -0.39 is 35.5 Å². The zero-order valence-corrected chi connectivity index (χ0v) is 15.9. The minimum atomic E-state index is -1.10. The normalized spacial score (nSPS) is 12.7. The maximum Gasteiger partial charge on any atom is 0.408 e. The van der Waals surface area contributed by atoms with Crippen LogP contribution in [0.1, 0.15) is 33.3 Å². The van der Waals surface area contributed by atoms with Crippen LogP contribution in [-0.2, 0) is 30.3 Å². The Bertz CT molecular complexity index is 682. The van der Waals surface area contributed by atoms with Crippen LogP contribution in [0, 0.1) is 0 Å². The number of alkyl carbamates (subject to hydrolysis) is 1. The Kier molecular flexibility index (Phi) is 8.25. The molecule has 0 unspecified atom stereocenters. The van der Waals surface area contributed by atoms with E-state index in [1.807, 2.05) is 6.07 Å². The van der Waals surface area contributed by atoms with Crippen molar-refractivity contribution in [2.24, 2.45) is 10.9 Å². The largest absolute Gasteiger partial charge is 0.460 e. The molecule has 0 fully saturated rings. The summed E-state index contributed by atoms with van der Waals surface area (Å²) in [5.41, 5.74) is 5.41. The quantitative estimate of drug-likeness (QED) is 0.252. The average molecular weight is 379 g/mol. The van der Waals surface area contributed by atoms with Gasteiger partial charge < -0.3 is 25.4 Å². The van der Waals surface area contributed by atoms with Crippen LogP contribution in [0.5, 0.6) is 0 Å². The van der Waals surface area contributed by atoms with Crippen molar-refractivity contribution in [1.29, 1.82) is 0 Å². The van der Waals surface area contributed by atoms with E-state index in [-0.39, 0.29) is 13.0 Å². The molecule has 148 valence electrons. The highest BCUT2D eigenvalue weighted by Gasteiger charge is 2.26. The topological polar surface area (TPSA) is 129 Å². The van der Waals surface area contributed by atoms with Gasteiger partial charge in [0.25, 0.3) is 0 Å². The minimum absolute atomic E-state index is 0.0971. The summed E-state index contributed by atoms with van der Waals surface area (Å²) < 4.78 is 9.80. The minimum Gasteiger partial charge on any atom is -0.460 e. The molecule has 0 saturated heterocycles. The van der Waals surface area contributed by atoms with Crippen LogP contribution in [0.2, 0.25) is 0 Å². The predicted molar refractivity (Wildman–Crippen MR) is 97.7 cm³/mol. The Labute approximate surface area is 157 Å². The van der Waals surface area contributed by atoms with Crippen LogP contribution in [0.15, 0.2) is 35.5 Å². The van der Waals surface area contributed by atoms with E-state index in [9.17, 15) is 14.4 Å². The van der Waals surface area contributed by atoms with Crippen LogP contribution >= 0.6 is 0 Å². The van der Waals surface area contributed by atoms with Gasteiger partial charge in [-0.25, -0.2) is 14.4 Å². The number of hydrogen-bond acceptors (Lipinski definition) is 7. The Balaban J connectivity index is 2.85. The number of benzene rings is 1. The summed E-state index contributed by atoms with van der Waals surface area (Å²) >= 11 is 0. The molecule has 0 radical (unpaired) electrons. The lowest BCUT2D eigenvalue weighted by Gasteiger charge is -2.22. The summed E-state index contributed by atoms with van der Waals surface area (Å²) in [6.45, 7) is 6.78. The van der Waals surface area contributed by atoms with Gasteiger partial charge in [-0.2, -0.15) is 0 Å². The van der Waals surface area contributed by atoms with Gasteiger partial charge in [0.2, 0.25) is 5.84 Å². The van der Waals surface area contributed by atoms with Crippen LogP contribution in [0.25, 0.3) is 0 Å². The number of rotatable bonds is 6. The summed E-state index contributed by atoms with van der Waals surface area (Å²) in [6.07, 6.45) is -0.656. The van der Waals surface area contributed by atoms with Crippen LogP contribution < -0.4 is 11.1 Å². The van der Waals surface area contributed by atoms with Crippen molar-refractivity contribution in [1.82, 2.24) is 5.32 Å². The Morgan fingerprint density at radius 1 is 1.19 bits per heavy atom. The van der Waals surface area contributed by atoms with Gasteiger partial charge in [-0.15, -0.1) is 0 Å². The second kappa shape index (κ2) is 10.1. The number of carbonyl (C=O) groups is 3. The third-order valence-corrected chi connectivity index (χ3v) is 2.98. The van der Waals surface area contributed by atoms with Crippen molar-refractivity contribution >= 4 is 23.9 Å². The number of amides is 1. The molecule has 1 amide bonds. The molecule has 9 nitrogen and oxygen atoms in total. The number of amidine groups is 1. The molecule has 1 rings (SSSR count). The van der Waals surface area contributed by atoms with Gasteiger partial charge in [0.05, 0.1) is 6.61 Å². The summed E-state index contributed by atoms with van der Waals surface area (Å²) in [5, 5.41) is 5.70. The maximum atomic E-state index is 12.3. The standard InChI is InChI=1S/C18H25N3O6/c1-5-25-16(23)14(19)21-27-15(22)13(11-12-9-7-6-8-10-12)20-17(24)26-18(2,3)4/h6-10,13H,5,11H2,1-4H3,(H2,19,21)(H,20,24)/t13-/m0/s1. The van der Waals surface area contributed by atoms with E-state index in [2.05, 4.69) is 20.0 Å². The van der Waals surface area contributed by atoms with Gasteiger partial charge in [-0.3, -0.25) is 0 Å². The Morgan fingerprint density at radius 2 is 1.81 bits per heavy atom. The van der Waals surface area contributed by atoms with Gasteiger partial charge in [0, 0.05) is 6.42 Å². The fourth-order valence-corrected chi connectivity index (χ4v) is 1.89. The van der Waals surface area contributed by atoms with Gasteiger partial charge in [0.15, 0.2) is 0 Å². The molecule has 1 aromatic rings. The summed E-state index contributed by atoms with van der Waals surface area (Å²) in [7, 11) is 0.